The zero-order valence-corrected chi connectivity index (χ0v) is 26.8. The molecule has 1 fully saturated rings. The van der Waals surface area contributed by atoms with Gasteiger partial charge < -0.3 is 24.6 Å². The topological polar surface area (TPSA) is 126 Å². The Morgan fingerprint density at radius 3 is 2.80 bits per heavy atom. The molecule has 4 unspecified atom stereocenters. The van der Waals surface area contributed by atoms with Gasteiger partial charge in [0.2, 0.25) is 6.23 Å². The summed E-state index contributed by atoms with van der Waals surface area (Å²) < 4.78 is 10.4. The molecule has 1 saturated heterocycles. The highest BCUT2D eigenvalue weighted by Crippen LogP contribution is 2.53. The Hall–Kier alpha value is -3.39. The van der Waals surface area contributed by atoms with Crippen molar-refractivity contribution in [3.63, 3.8) is 0 Å². The van der Waals surface area contributed by atoms with E-state index in [1.807, 2.05) is 29.2 Å². The van der Waals surface area contributed by atoms with Gasteiger partial charge in [0, 0.05) is 35.8 Å². The van der Waals surface area contributed by atoms with Gasteiger partial charge in [-0.15, -0.1) is 11.8 Å². The van der Waals surface area contributed by atoms with Crippen molar-refractivity contribution >= 4 is 64.4 Å². The van der Waals surface area contributed by atoms with Gasteiger partial charge in [-0.1, -0.05) is 49.6 Å². The molecule has 4 atom stereocenters. The first-order valence-corrected chi connectivity index (χ1v) is 16.1. The van der Waals surface area contributed by atoms with Crippen LogP contribution in [0.25, 0.3) is 0 Å². The number of carbonyl (C=O) groups excluding carboxylic acids is 2. The molecule has 3 aliphatic heterocycles. The Morgan fingerprint density at radius 2 is 2.09 bits per heavy atom. The number of nitro groups is 1. The van der Waals surface area contributed by atoms with Gasteiger partial charge in [-0.25, -0.2) is 0 Å². The molecule has 3 heterocycles. The number of ether oxygens (including phenoxy) is 2. The van der Waals surface area contributed by atoms with Gasteiger partial charge >= 0.3 is 0 Å². The third kappa shape index (κ3) is 6.51. The van der Waals surface area contributed by atoms with Crippen LogP contribution in [-0.4, -0.2) is 70.4 Å². The first-order chi connectivity index (χ1) is 21.3. The van der Waals surface area contributed by atoms with Crippen molar-refractivity contribution in [3.8, 4) is 5.75 Å². The molecular formula is C30H34ClN5O6S2. The van der Waals surface area contributed by atoms with Gasteiger partial charge in [0.15, 0.2) is 5.11 Å². The quantitative estimate of drug-likeness (QED) is 0.111. The van der Waals surface area contributed by atoms with Crippen molar-refractivity contribution in [2.75, 3.05) is 32.1 Å². The van der Waals surface area contributed by atoms with Crippen molar-refractivity contribution in [2.24, 2.45) is 5.92 Å². The molecular weight excluding hydrogens is 626 g/mol. The lowest BCUT2D eigenvalue weighted by Crippen LogP contribution is -2.49. The lowest BCUT2D eigenvalue weighted by atomic mass is 9.83. The number of nitro benzene ring substituents is 1. The Bertz CT molecular complexity index is 1480. The van der Waals surface area contributed by atoms with Crippen LogP contribution >= 0.6 is 35.6 Å². The minimum Gasteiger partial charge on any atom is -0.496 e. The SMILES string of the molecule is CCCCCN1C(=O)C(OC=O)NC(c2ccccc2Cl)C2=C1SC1CN(C(=S)Nc3ccc(OC)cc3[N+](=O)[O-])CCC21. The fourth-order valence-corrected chi connectivity index (χ4v) is 8.22. The molecule has 2 aromatic rings. The third-order valence-electron chi connectivity index (χ3n) is 8.16. The zero-order valence-electron chi connectivity index (χ0n) is 24.4. The second-order valence-electron chi connectivity index (χ2n) is 10.8. The van der Waals surface area contributed by atoms with Crippen LogP contribution in [0.2, 0.25) is 5.02 Å². The van der Waals surface area contributed by atoms with Crippen LogP contribution in [0, 0.1) is 16.0 Å². The lowest BCUT2D eigenvalue weighted by Gasteiger charge is -2.38. The number of carbonyl (C=O) groups is 2. The number of fused-ring (bicyclic) bond motifs is 2. The average Bonchev–Trinajstić information content (AvgIpc) is 3.35. The van der Waals surface area contributed by atoms with Crippen LogP contribution in [0.4, 0.5) is 11.4 Å². The smallest absolute Gasteiger partial charge is 0.296 e. The zero-order chi connectivity index (χ0) is 31.4. The number of thioether (sulfide) groups is 1. The van der Waals surface area contributed by atoms with Gasteiger partial charge in [0.05, 0.1) is 29.2 Å². The van der Waals surface area contributed by atoms with Crippen molar-refractivity contribution < 1.29 is 24.0 Å². The summed E-state index contributed by atoms with van der Waals surface area (Å²) in [5.41, 5.74) is 2.01. The number of hydrogen-bond donors (Lipinski definition) is 2. The third-order valence-corrected chi connectivity index (χ3v) is 10.3. The largest absolute Gasteiger partial charge is 0.496 e. The predicted octanol–water partition coefficient (Wildman–Crippen LogP) is 5.46. The summed E-state index contributed by atoms with van der Waals surface area (Å²) in [5.74, 6) is 0.140. The number of hydrogen-bond acceptors (Lipinski definition) is 9. The van der Waals surface area contributed by atoms with E-state index in [2.05, 4.69) is 17.6 Å². The van der Waals surface area contributed by atoms with Crippen LogP contribution in [-0.2, 0) is 14.3 Å². The van der Waals surface area contributed by atoms with Crippen molar-refractivity contribution in [2.45, 2.75) is 50.1 Å². The van der Waals surface area contributed by atoms with Gasteiger partial charge in [0.1, 0.15) is 11.4 Å². The van der Waals surface area contributed by atoms with Gasteiger partial charge in [-0.05, 0) is 54.4 Å². The fraction of sp³-hybridized carbons (Fsp3) is 0.433. The highest BCUT2D eigenvalue weighted by Gasteiger charge is 2.49. The van der Waals surface area contributed by atoms with Gasteiger partial charge in [-0.2, -0.15) is 0 Å². The van der Waals surface area contributed by atoms with E-state index in [0.717, 1.165) is 41.8 Å². The number of benzene rings is 2. The van der Waals surface area contributed by atoms with E-state index in [1.165, 1.54) is 13.2 Å². The van der Waals surface area contributed by atoms with Crippen LogP contribution in [0.5, 0.6) is 5.75 Å². The molecule has 234 valence electrons. The molecule has 0 aromatic heterocycles. The van der Waals surface area contributed by atoms with Crippen molar-refractivity contribution in [3.05, 3.63) is 73.8 Å². The molecule has 14 heteroatoms. The Balaban J connectivity index is 1.44. The van der Waals surface area contributed by atoms with E-state index in [4.69, 9.17) is 33.3 Å². The lowest BCUT2D eigenvalue weighted by molar-refractivity contribution is -0.384. The first-order valence-electron chi connectivity index (χ1n) is 14.5. The number of anilines is 1. The molecule has 1 amide bonds. The molecule has 2 N–H and O–H groups in total. The van der Waals surface area contributed by atoms with E-state index in [1.54, 1.807) is 28.8 Å². The average molecular weight is 660 g/mol. The minimum absolute atomic E-state index is 0.0520. The minimum atomic E-state index is -1.16. The van der Waals surface area contributed by atoms with E-state index in [0.29, 0.717) is 42.0 Å². The molecule has 0 saturated carbocycles. The normalized spacial score (nSPS) is 23.0. The summed E-state index contributed by atoms with van der Waals surface area (Å²) in [6.07, 6.45) is 2.32. The number of likely N-dealkylation sites (tertiary alicyclic amines) is 1. The molecule has 0 aliphatic carbocycles. The van der Waals surface area contributed by atoms with Crippen molar-refractivity contribution in [1.82, 2.24) is 15.1 Å². The molecule has 0 radical (unpaired) electrons. The number of nitrogens with one attached hydrogen (secondary N) is 2. The Morgan fingerprint density at radius 1 is 1.30 bits per heavy atom. The maximum absolute atomic E-state index is 13.8. The number of thiocarbonyl (C=S) groups is 1. The number of piperidine rings is 1. The monoisotopic (exact) mass is 659 g/mol. The first kappa shape index (κ1) is 32.0. The standard InChI is InChI=1S/C30H34ClN5O6S2/c1-3-4-7-13-35-28(38)27(42-17-37)33-26(19-8-5-6-9-21(19)31)25-20-12-14-34(16-24(20)44-29(25)35)30(43)32-22-11-10-18(41-2)15-23(22)36(39)40/h5-6,8-11,15,17,20,24,26-27,33H,3-4,7,12-14,16H2,1-2H3,(H,32,43). The van der Waals surface area contributed by atoms with E-state index in [-0.39, 0.29) is 28.4 Å². The highest BCUT2D eigenvalue weighted by atomic mass is 35.5. The molecule has 11 nitrogen and oxygen atoms in total. The molecule has 0 spiro atoms. The van der Waals surface area contributed by atoms with Gasteiger partial charge in [0.25, 0.3) is 18.1 Å². The van der Waals surface area contributed by atoms with Crippen LogP contribution in [0.1, 0.15) is 44.2 Å². The van der Waals surface area contributed by atoms with Crippen LogP contribution in [0.15, 0.2) is 53.1 Å². The van der Waals surface area contributed by atoms with Gasteiger partial charge in [-0.3, -0.25) is 25.0 Å². The van der Waals surface area contributed by atoms with E-state index in [9.17, 15) is 19.7 Å². The maximum Gasteiger partial charge on any atom is 0.296 e. The summed E-state index contributed by atoms with van der Waals surface area (Å²) in [4.78, 5) is 40.3. The Labute approximate surface area is 270 Å². The van der Waals surface area contributed by atoms with Crippen LogP contribution in [0.3, 0.4) is 0 Å². The second kappa shape index (κ2) is 14.1. The summed E-state index contributed by atoms with van der Waals surface area (Å²) in [6.45, 7) is 4.07. The van der Waals surface area contributed by atoms with Crippen LogP contribution < -0.4 is 15.4 Å². The molecule has 2 aromatic carbocycles. The molecule has 5 rings (SSSR count). The number of nitrogens with zero attached hydrogens (tertiary/aromatic N) is 3. The Kier molecular flexibility index (Phi) is 10.3. The number of halogens is 1. The second-order valence-corrected chi connectivity index (χ2v) is 12.8. The summed E-state index contributed by atoms with van der Waals surface area (Å²) in [7, 11) is 1.45. The number of rotatable bonds is 10. The predicted molar refractivity (Wildman–Crippen MR) is 173 cm³/mol. The summed E-state index contributed by atoms with van der Waals surface area (Å²) in [6, 6.07) is 11.6. The molecule has 44 heavy (non-hydrogen) atoms. The highest BCUT2D eigenvalue weighted by molar-refractivity contribution is 8.04. The van der Waals surface area contributed by atoms with Crippen molar-refractivity contribution in [1.29, 1.82) is 0 Å². The maximum atomic E-state index is 13.8. The number of amides is 1. The van der Waals surface area contributed by atoms with E-state index >= 15 is 0 Å². The number of unbranched alkanes of at least 4 members (excludes halogenated alkanes) is 2. The van der Waals surface area contributed by atoms with E-state index < -0.39 is 17.2 Å². The summed E-state index contributed by atoms with van der Waals surface area (Å²) >= 11 is 14.1. The molecule has 3 aliphatic rings. The summed E-state index contributed by atoms with van der Waals surface area (Å²) in [5, 5.41) is 20.0. The molecule has 0 bridgehead atoms. The fourth-order valence-electron chi connectivity index (χ4n) is 6.00. The number of methoxy groups -OCH3 is 1.